The zero-order valence-electron chi connectivity index (χ0n) is 9.74. The van der Waals surface area contributed by atoms with Gasteiger partial charge in [-0.1, -0.05) is 0 Å². The summed E-state index contributed by atoms with van der Waals surface area (Å²) in [6, 6.07) is -1.22. The predicted octanol–water partition coefficient (Wildman–Crippen LogP) is -0.139. The molecule has 1 unspecified atom stereocenters. The van der Waals surface area contributed by atoms with Crippen molar-refractivity contribution in [2.45, 2.75) is 25.0 Å². The van der Waals surface area contributed by atoms with E-state index in [1.54, 1.807) is 0 Å². The Kier molecular flexibility index (Phi) is 10.0. The topological polar surface area (TPSA) is 96.3 Å². The SMILES string of the molecule is N=CC(=O)CCC(N[C-]=O)C(=O)OC(CF)CF.[Fm]. The molecule has 6 nitrogen and oxygen atoms in total. The van der Waals surface area contributed by atoms with Crippen molar-refractivity contribution in [2.75, 3.05) is 13.3 Å². The summed E-state index contributed by atoms with van der Waals surface area (Å²) in [5.41, 5.74) is 0. The van der Waals surface area contributed by atoms with Crippen molar-refractivity contribution in [3.05, 3.63) is 0 Å². The van der Waals surface area contributed by atoms with E-state index in [9.17, 15) is 23.2 Å². The molecule has 9 heteroatoms. The first-order valence-corrected chi connectivity index (χ1v) is 5.07. The molecule has 0 radical (unpaired) electrons. The van der Waals surface area contributed by atoms with Crippen LogP contribution < -0.4 is 5.32 Å². The van der Waals surface area contributed by atoms with E-state index in [1.165, 1.54) is 6.41 Å². The number of carbonyl (C=O) groups is 2. The standard InChI is InChI=1S/C10H13F2N2O4.Fm/c11-3-8(4-12)18-10(17)9(14-6-15)2-1-7(16)5-13;/h5,8-9,13H,1-4H2,(H,14,15);/q-1;. The largest absolute Gasteiger partial charge is 0.520 e. The normalized spacial score (nSPS) is 11.1. The number of hydrogen-bond acceptors (Lipinski definition) is 5. The van der Waals surface area contributed by atoms with Crippen molar-refractivity contribution in [3.63, 3.8) is 0 Å². The summed E-state index contributed by atoms with van der Waals surface area (Å²) in [5, 5.41) is 8.61. The van der Waals surface area contributed by atoms with Crippen LogP contribution in [0.4, 0.5) is 8.78 Å². The fourth-order valence-electron chi connectivity index (χ4n) is 1.03. The molecule has 0 aliphatic carbocycles. The molecule has 0 aromatic heterocycles. The van der Waals surface area contributed by atoms with Gasteiger partial charge in [-0.2, -0.15) is 6.41 Å². The summed E-state index contributed by atoms with van der Waals surface area (Å²) in [6.07, 6.45) is -0.0141. The number of esters is 1. The summed E-state index contributed by atoms with van der Waals surface area (Å²) in [5.74, 6) is -1.59. The zero-order valence-corrected chi connectivity index (χ0v) is 12.1. The van der Waals surface area contributed by atoms with E-state index in [0.717, 1.165) is 0 Å². The number of alkyl halides is 2. The van der Waals surface area contributed by atoms with Gasteiger partial charge in [0.05, 0.1) is 12.3 Å². The second kappa shape index (κ2) is 10.3. The Morgan fingerprint density at radius 2 is 1.95 bits per heavy atom. The van der Waals surface area contributed by atoms with Gasteiger partial charge in [0.25, 0.3) is 0 Å². The van der Waals surface area contributed by atoms with Crippen LogP contribution >= 0.6 is 0 Å². The zero-order chi connectivity index (χ0) is 14.0. The third kappa shape index (κ3) is 7.14. The molecule has 0 aliphatic rings. The monoisotopic (exact) mass is 520 g/mol. The first-order valence-electron chi connectivity index (χ1n) is 5.07. The second-order valence-corrected chi connectivity index (χ2v) is 3.32. The number of ketones is 1. The molecule has 0 bridgehead atoms. The van der Waals surface area contributed by atoms with Crippen molar-refractivity contribution >= 4 is 24.4 Å². The molecule has 0 aromatic carbocycles. The van der Waals surface area contributed by atoms with Gasteiger partial charge in [0.1, 0.15) is 13.3 Å². The Hall–Kier alpha value is -2.86. The van der Waals surface area contributed by atoms with Gasteiger partial charge in [-0.25, -0.2) is 13.6 Å². The minimum Gasteiger partial charge on any atom is -0.520 e. The van der Waals surface area contributed by atoms with Crippen LogP contribution in [0.2, 0.25) is 0 Å². The number of ether oxygens (including phenoxy) is 1. The Morgan fingerprint density at radius 3 is 2.37 bits per heavy atom. The Morgan fingerprint density at radius 1 is 1.37 bits per heavy atom. The van der Waals surface area contributed by atoms with E-state index in [0.29, 0.717) is 6.21 Å². The molecular formula is C10H13F2FmN2O4-. The number of Topliss-reactive ketones (excluding diaryl/α,β-unsaturated/α-hetero) is 1. The van der Waals surface area contributed by atoms with Crippen molar-refractivity contribution in [3.8, 4) is 0 Å². The third-order valence-electron chi connectivity index (χ3n) is 1.99. The fraction of sp³-hybridized carbons (Fsp3) is 0.600. The Labute approximate surface area is 102 Å². The maximum atomic E-state index is 12.1. The quantitative estimate of drug-likeness (QED) is 0.182. The molecule has 114 valence electrons. The summed E-state index contributed by atoms with van der Waals surface area (Å²) in [4.78, 5) is 32.4. The molecule has 0 rings (SSSR count). The van der Waals surface area contributed by atoms with E-state index in [1.807, 2.05) is 5.32 Å². The minimum atomic E-state index is -1.52. The van der Waals surface area contributed by atoms with Gasteiger partial charge in [0.15, 0.2) is 11.9 Å². The van der Waals surface area contributed by atoms with Crippen LogP contribution in [0.1, 0.15) is 12.8 Å². The van der Waals surface area contributed by atoms with Crippen LogP contribution in [0, 0.1) is 5.41 Å². The molecule has 19 heavy (non-hydrogen) atoms. The number of hydrogen-bond donors (Lipinski definition) is 2. The molecule has 2 N–H and O–H groups in total. The Bertz CT molecular complexity index is 314. The molecule has 0 spiro atoms. The molecule has 0 saturated carbocycles. The van der Waals surface area contributed by atoms with Gasteiger partial charge in [-0.05, 0) is 6.42 Å². The minimum absolute atomic E-state index is 0. The van der Waals surface area contributed by atoms with E-state index < -0.39 is 37.2 Å². The number of halogens is 2. The molecule has 1 amide bonds. The number of amides is 1. The van der Waals surface area contributed by atoms with Crippen molar-refractivity contribution in [1.29, 1.82) is 5.41 Å². The van der Waals surface area contributed by atoms with Gasteiger partial charge in [-0.15, -0.1) is 0 Å². The molecule has 1 atom stereocenters. The number of rotatable bonds is 10. The molecule has 0 saturated heterocycles. The molecule has 0 aromatic rings. The van der Waals surface area contributed by atoms with E-state index in [2.05, 4.69) is 4.74 Å². The average Bonchev–Trinajstić information content (AvgIpc) is 2.39. The van der Waals surface area contributed by atoms with Crippen molar-refractivity contribution in [2.24, 2.45) is 0 Å². The molecular weight excluding hydrogens is 507 g/mol. The van der Waals surface area contributed by atoms with Gasteiger partial charge in [0.2, 0.25) is 0 Å². The number of carbonyl (C=O) groups excluding carboxylic acids is 3. The van der Waals surface area contributed by atoms with Crippen LogP contribution in [0.3, 0.4) is 0 Å². The molecule has 0 aliphatic heterocycles. The fourth-order valence-corrected chi connectivity index (χ4v) is 1.03. The van der Waals surface area contributed by atoms with Crippen molar-refractivity contribution < 1.29 is 27.9 Å². The van der Waals surface area contributed by atoms with Crippen LogP contribution in [0.15, 0.2) is 0 Å². The first-order chi connectivity index (χ1) is 8.58. The van der Waals surface area contributed by atoms with Crippen molar-refractivity contribution in [1.82, 2.24) is 5.32 Å². The van der Waals surface area contributed by atoms with Crippen LogP contribution in [-0.2, 0) is 19.1 Å². The summed E-state index contributed by atoms with van der Waals surface area (Å²) in [7, 11) is 0. The van der Waals surface area contributed by atoms with Crippen LogP contribution in [0.25, 0.3) is 0 Å². The second-order valence-electron chi connectivity index (χ2n) is 3.32. The van der Waals surface area contributed by atoms with Gasteiger partial charge >= 0.3 is 5.97 Å². The van der Waals surface area contributed by atoms with E-state index >= 15 is 0 Å². The first kappa shape index (κ1) is 18.5. The van der Waals surface area contributed by atoms with Crippen LogP contribution in [0.5, 0.6) is 0 Å². The predicted molar refractivity (Wildman–Crippen MR) is 57.5 cm³/mol. The van der Waals surface area contributed by atoms with Gasteiger partial charge in [-0.3, -0.25) is 4.79 Å². The van der Waals surface area contributed by atoms with E-state index in [-0.39, 0.29) is 12.8 Å². The van der Waals surface area contributed by atoms with Crippen LogP contribution in [-0.4, -0.2) is 49.9 Å². The smallest absolute Gasteiger partial charge is 0.326 e. The maximum Gasteiger partial charge on any atom is 0.326 e. The van der Waals surface area contributed by atoms with Gasteiger partial charge < -0.3 is 20.3 Å². The third-order valence-corrected chi connectivity index (χ3v) is 1.99. The summed E-state index contributed by atoms with van der Waals surface area (Å²) < 4.78 is 28.7. The maximum absolute atomic E-state index is 12.1. The number of nitrogens with one attached hydrogen (secondary N) is 2. The average molecular weight is 520 g/mol. The summed E-state index contributed by atoms with van der Waals surface area (Å²) >= 11 is 0. The Balaban J connectivity index is 0. The molecule has 0 fully saturated rings. The van der Waals surface area contributed by atoms with Gasteiger partial charge in [0, 0.05) is 6.42 Å². The summed E-state index contributed by atoms with van der Waals surface area (Å²) in [6.45, 7) is -2.36. The van der Waals surface area contributed by atoms with E-state index in [4.69, 9.17) is 5.41 Å². The molecule has 0 heterocycles.